The molecular formula is C26H26N2O5. The van der Waals surface area contributed by atoms with E-state index in [4.69, 9.17) is 0 Å². The van der Waals surface area contributed by atoms with Gasteiger partial charge in [0.1, 0.15) is 5.56 Å². The summed E-state index contributed by atoms with van der Waals surface area (Å²) in [5.41, 5.74) is 0.175. The van der Waals surface area contributed by atoms with Gasteiger partial charge in [-0.3, -0.25) is 9.59 Å². The Morgan fingerprint density at radius 1 is 1.03 bits per heavy atom. The molecule has 1 aromatic heterocycles. The van der Waals surface area contributed by atoms with E-state index in [1.54, 1.807) is 4.90 Å². The van der Waals surface area contributed by atoms with E-state index in [1.165, 1.54) is 10.8 Å². The van der Waals surface area contributed by atoms with Crippen molar-refractivity contribution < 1.29 is 19.8 Å². The molecule has 3 aromatic rings. The van der Waals surface area contributed by atoms with Gasteiger partial charge in [0.25, 0.3) is 5.91 Å². The zero-order valence-corrected chi connectivity index (χ0v) is 18.5. The molecule has 0 bridgehead atoms. The second kappa shape index (κ2) is 8.94. The largest absolute Gasteiger partial charge is 0.503 e. The van der Waals surface area contributed by atoms with Gasteiger partial charge in [0.2, 0.25) is 5.43 Å². The van der Waals surface area contributed by atoms with Crippen LogP contribution in [0.25, 0.3) is 0 Å². The summed E-state index contributed by atoms with van der Waals surface area (Å²) in [6, 6.07) is 18.9. The van der Waals surface area contributed by atoms with Crippen LogP contribution in [0.4, 0.5) is 0 Å². The number of aromatic nitrogens is 1. The topological polar surface area (TPSA) is 99.8 Å². The molecule has 2 atom stereocenters. The SMILES string of the molecule is CCC(C)N1CC(C(c2ccccc2)c2ccccc2)n2cc(C(=O)O)c(=O)c(O)c2C1=O. The van der Waals surface area contributed by atoms with Gasteiger partial charge in [-0.1, -0.05) is 67.6 Å². The average Bonchev–Trinajstić information content (AvgIpc) is 2.83. The maximum Gasteiger partial charge on any atom is 0.341 e. The molecule has 1 amide bonds. The fraction of sp³-hybridized carbons (Fsp3) is 0.269. The molecule has 7 nitrogen and oxygen atoms in total. The monoisotopic (exact) mass is 446 g/mol. The summed E-state index contributed by atoms with van der Waals surface area (Å²) in [5, 5.41) is 20.3. The highest BCUT2D eigenvalue weighted by Crippen LogP contribution is 2.40. The number of rotatable bonds is 6. The molecule has 4 rings (SSSR count). The molecular weight excluding hydrogens is 420 g/mol. The van der Waals surface area contributed by atoms with E-state index in [0.717, 1.165) is 11.1 Å². The van der Waals surface area contributed by atoms with E-state index in [0.29, 0.717) is 13.0 Å². The lowest BCUT2D eigenvalue weighted by Gasteiger charge is -2.42. The lowest BCUT2D eigenvalue weighted by atomic mass is 9.83. The van der Waals surface area contributed by atoms with E-state index in [2.05, 4.69) is 0 Å². The fourth-order valence-electron chi connectivity index (χ4n) is 4.58. The number of hydrogen-bond donors (Lipinski definition) is 2. The van der Waals surface area contributed by atoms with Crippen LogP contribution in [0.2, 0.25) is 0 Å². The van der Waals surface area contributed by atoms with Crippen molar-refractivity contribution in [1.29, 1.82) is 0 Å². The van der Waals surface area contributed by atoms with Crippen LogP contribution in [0, 0.1) is 0 Å². The predicted molar refractivity (Wildman–Crippen MR) is 124 cm³/mol. The number of hydrogen-bond acceptors (Lipinski definition) is 4. The van der Waals surface area contributed by atoms with Crippen LogP contribution in [-0.4, -0.2) is 44.1 Å². The zero-order valence-electron chi connectivity index (χ0n) is 18.5. The number of aromatic carboxylic acids is 1. The first-order chi connectivity index (χ1) is 15.8. The number of carbonyl (C=O) groups excluding carboxylic acids is 1. The van der Waals surface area contributed by atoms with Crippen molar-refractivity contribution >= 4 is 11.9 Å². The van der Waals surface area contributed by atoms with Crippen molar-refractivity contribution in [3.8, 4) is 5.75 Å². The van der Waals surface area contributed by atoms with Crippen LogP contribution >= 0.6 is 0 Å². The average molecular weight is 447 g/mol. The molecule has 2 N–H and O–H groups in total. The molecule has 0 saturated heterocycles. The second-order valence-corrected chi connectivity index (χ2v) is 8.36. The van der Waals surface area contributed by atoms with Gasteiger partial charge in [-0.2, -0.15) is 0 Å². The van der Waals surface area contributed by atoms with Crippen LogP contribution in [0.1, 0.15) is 64.2 Å². The number of pyridine rings is 1. The normalized spacial score (nSPS) is 16.5. The lowest BCUT2D eigenvalue weighted by Crippen LogP contribution is -2.50. The number of benzene rings is 2. The van der Waals surface area contributed by atoms with Crippen molar-refractivity contribution in [2.45, 2.75) is 38.3 Å². The summed E-state index contributed by atoms with van der Waals surface area (Å²) >= 11 is 0. The molecule has 33 heavy (non-hydrogen) atoms. The Morgan fingerprint density at radius 3 is 2.06 bits per heavy atom. The minimum Gasteiger partial charge on any atom is -0.503 e. The smallest absolute Gasteiger partial charge is 0.341 e. The predicted octanol–water partition coefficient (Wildman–Crippen LogP) is 3.88. The Hall–Kier alpha value is -3.87. The first-order valence-corrected chi connectivity index (χ1v) is 11.0. The number of carbonyl (C=O) groups is 2. The maximum atomic E-state index is 13.4. The van der Waals surface area contributed by atoms with Gasteiger partial charge < -0.3 is 19.7 Å². The number of carboxylic acid groups (broad SMARTS) is 1. The molecule has 1 aliphatic rings. The zero-order chi connectivity index (χ0) is 23.7. The summed E-state index contributed by atoms with van der Waals surface area (Å²) in [4.78, 5) is 39.4. The van der Waals surface area contributed by atoms with Crippen molar-refractivity contribution in [2.75, 3.05) is 6.54 Å². The number of carboxylic acids is 1. The van der Waals surface area contributed by atoms with Crippen LogP contribution < -0.4 is 5.43 Å². The number of fused-ring (bicyclic) bond motifs is 1. The molecule has 1 aliphatic heterocycles. The first-order valence-electron chi connectivity index (χ1n) is 11.0. The third-order valence-corrected chi connectivity index (χ3v) is 6.47. The fourth-order valence-corrected chi connectivity index (χ4v) is 4.58. The van der Waals surface area contributed by atoms with Crippen molar-refractivity contribution in [3.05, 3.63) is 99.5 Å². The quantitative estimate of drug-likeness (QED) is 0.599. The van der Waals surface area contributed by atoms with E-state index in [1.807, 2.05) is 74.5 Å². The van der Waals surface area contributed by atoms with Gasteiger partial charge in [-0.25, -0.2) is 4.79 Å². The van der Waals surface area contributed by atoms with Gasteiger partial charge >= 0.3 is 5.97 Å². The molecule has 7 heteroatoms. The second-order valence-electron chi connectivity index (χ2n) is 8.36. The third-order valence-electron chi connectivity index (χ3n) is 6.47. The summed E-state index contributed by atoms with van der Waals surface area (Å²) in [6.45, 7) is 4.19. The van der Waals surface area contributed by atoms with Crippen LogP contribution in [0.3, 0.4) is 0 Å². The highest BCUT2D eigenvalue weighted by molar-refractivity contribution is 5.97. The van der Waals surface area contributed by atoms with Gasteiger partial charge in [0, 0.05) is 24.7 Å². The molecule has 170 valence electrons. The third kappa shape index (κ3) is 3.91. The minimum atomic E-state index is -1.45. The first kappa shape index (κ1) is 22.3. The van der Waals surface area contributed by atoms with Crippen molar-refractivity contribution in [1.82, 2.24) is 9.47 Å². The van der Waals surface area contributed by atoms with Gasteiger partial charge in [-0.15, -0.1) is 0 Å². The summed E-state index contributed by atoms with van der Waals surface area (Å²) in [7, 11) is 0. The molecule has 0 spiro atoms. The number of aromatic hydroxyl groups is 1. The maximum absolute atomic E-state index is 13.4. The summed E-state index contributed by atoms with van der Waals surface area (Å²) < 4.78 is 1.49. The van der Waals surface area contributed by atoms with E-state index >= 15 is 0 Å². The van der Waals surface area contributed by atoms with Crippen molar-refractivity contribution in [2.24, 2.45) is 0 Å². The van der Waals surface area contributed by atoms with Gasteiger partial charge in [0.15, 0.2) is 11.4 Å². The van der Waals surface area contributed by atoms with Gasteiger partial charge in [0.05, 0.1) is 6.04 Å². The highest BCUT2D eigenvalue weighted by Gasteiger charge is 2.40. The van der Waals surface area contributed by atoms with Crippen LogP contribution in [-0.2, 0) is 0 Å². The molecule has 0 radical (unpaired) electrons. The molecule has 2 heterocycles. The minimum absolute atomic E-state index is 0.130. The molecule has 0 saturated carbocycles. The standard InChI is InChI=1S/C26H26N2O5/c1-3-16(2)27-15-20(21(17-10-6-4-7-11-17)18-12-8-5-9-13-18)28-14-19(26(32)33)23(29)24(30)22(28)25(27)31/h4-14,16,20-21,30H,3,15H2,1-2H3,(H,32,33). The highest BCUT2D eigenvalue weighted by atomic mass is 16.4. The van der Waals surface area contributed by atoms with E-state index < -0.39 is 34.7 Å². The molecule has 2 aromatic carbocycles. The molecule has 0 fully saturated rings. The summed E-state index contributed by atoms with van der Waals surface area (Å²) in [6.07, 6.45) is 1.90. The Labute approximate surface area is 191 Å². The van der Waals surface area contributed by atoms with Crippen molar-refractivity contribution in [3.63, 3.8) is 0 Å². The Bertz CT molecular complexity index is 1200. The molecule has 0 aliphatic carbocycles. The molecule has 2 unspecified atom stereocenters. The van der Waals surface area contributed by atoms with E-state index in [-0.39, 0.29) is 17.7 Å². The number of amides is 1. The Balaban J connectivity index is 2.02. The van der Waals surface area contributed by atoms with Gasteiger partial charge in [-0.05, 0) is 24.5 Å². The summed E-state index contributed by atoms with van der Waals surface area (Å²) in [5.74, 6) is -3.00. The Kier molecular flexibility index (Phi) is 6.05. The van der Waals surface area contributed by atoms with Crippen LogP contribution in [0.5, 0.6) is 5.75 Å². The van der Waals surface area contributed by atoms with E-state index in [9.17, 15) is 24.6 Å². The lowest BCUT2D eigenvalue weighted by molar-refractivity contribution is 0.0560. The number of nitrogens with zero attached hydrogens (tertiary/aromatic N) is 2. The van der Waals surface area contributed by atoms with Crippen LogP contribution in [0.15, 0.2) is 71.7 Å². The Morgan fingerprint density at radius 2 is 1.58 bits per heavy atom.